The Morgan fingerprint density at radius 2 is 2.29 bits per heavy atom. The standard InChI is InChI=1S/C12H17NO/c1-10-5-2-3-7-12(10)14-9-11-6-4-8-13-11/h2-3,5,7,11,13H,4,6,8-9H2,1H3/t11-/m1/s1. The second-order valence-electron chi connectivity index (χ2n) is 3.87. The number of hydrogen-bond donors (Lipinski definition) is 1. The molecule has 76 valence electrons. The lowest BCUT2D eigenvalue weighted by atomic mass is 10.2. The first-order chi connectivity index (χ1) is 6.86. The second kappa shape index (κ2) is 4.47. The van der Waals surface area contributed by atoms with Gasteiger partial charge in [-0.25, -0.2) is 0 Å². The van der Waals surface area contributed by atoms with E-state index in [2.05, 4.69) is 18.3 Å². The molecular formula is C12H17NO. The van der Waals surface area contributed by atoms with Crippen LogP contribution in [0.1, 0.15) is 18.4 Å². The van der Waals surface area contributed by atoms with Crippen LogP contribution in [0.15, 0.2) is 24.3 Å². The molecule has 1 N–H and O–H groups in total. The number of nitrogens with one attached hydrogen (secondary N) is 1. The Hall–Kier alpha value is -1.02. The number of ether oxygens (including phenoxy) is 1. The SMILES string of the molecule is Cc1ccccc1OC[C@H]1CCCN1. The van der Waals surface area contributed by atoms with E-state index < -0.39 is 0 Å². The molecule has 1 heterocycles. The Bertz CT molecular complexity index is 292. The molecule has 14 heavy (non-hydrogen) atoms. The van der Waals surface area contributed by atoms with E-state index in [9.17, 15) is 0 Å². The van der Waals surface area contributed by atoms with Crippen LogP contribution in [-0.2, 0) is 0 Å². The third-order valence-corrected chi connectivity index (χ3v) is 2.70. The zero-order chi connectivity index (χ0) is 9.80. The molecule has 2 heteroatoms. The summed E-state index contributed by atoms with van der Waals surface area (Å²) in [6.45, 7) is 4.02. The van der Waals surface area contributed by atoms with Gasteiger partial charge in [0.1, 0.15) is 12.4 Å². The largest absolute Gasteiger partial charge is 0.492 e. The average molecular weight is 191 g/mol. The molecular weight excluding hydrogens is 174 g/mol. The number of benzene rings is 1. The Balaban J connectivity index is 1.88. The van der Waals surface area contributed by atoms with E-state index in [4.69, 9.17) is 4.74 Å². The summed E-state index contributed by atoms with van der Waals surface area (Å²) in [5.41, 5.74) is 1.21. The fraction of sp³-hybridized carbons (Fsp3) is 0.500. The zero-order valence-corrected chi connectivity index (χ0v) is 8.62. The van der Waals surface area contributed by atoms with Gasteiger partial charge in [0.25, 0.3) is 0 Å². The van der Waals surface area contributed by atoms with Gasteiger partial charge in [-0.2, -0.15) is 0 Å². The number of hydrogen-bond acceptors (Lipinski definition) is 2. The second-order valence-corrected chi connectivity index (χ2v) is 3.87. The molecule has 0 aromatic heterocycles. The van der Waals surface area contributed by atoms with Crippen LogP contribution in [0.3, 0.4) is 0 Å². The van der Waals surface area contributed by atoms with E-state index in [1.54, 1.807) is 0 Å². The van der Waals surface area contributed by atoms with Crippen LogP contribution in [0.25, 0.3) is 0 Å². The van der Waals surface area contributed by atoms with Crippen LogP contribution in [0, 0.1) is 6.92 Å². The number of aryl methyl sites for hydroxylation is 1. The summed E-state index contributed by atoms with van der Waals surface area (Å²) in [4.78, 5) is 0. The molecule has 2 rings (SSSR count). The molecule has 1 aliphatic heterocycles. The predicted molar refractivity (Wildman–Crippen MR) is 57.7 cm³/mol. The van der Waals surface area contributed by atoms with Gasteiger partial charge in [0.05, 0.1) is 0 Å². The van der Waals surface area contributed by atoms with Crippen molar-refractivity contribution in [3.8, 4) is 5.75 Å². The van der Waals surface area contributed by atoms with Gasteiger partial charge < -0.3 is 10.1 Å². The quantitative estimate of drug-likeness (QED) is 0.790. The van der Waals surface area contributed by atoms with E-state index in [1.807, 2.05) is 18.2 Å². The molecule has 0 unspecified atom stereocenters. The summed E-state index contributed by atoms with van der Waals surface area (Å²) in [5, 5.41) is 3.42. The van der Waals surface area contributed by atoms with Crippen molar-refractivity contribution in [3.05, 3.63) is 29.8 Å². The van der Waals surface area contributed by atoms with E-state index in [0.29, 0.717) is 6.04 Å². The van der Waals surface area contributed by atoms with Crippen molar-refractivity contribution in [2.75, 3.05) is 13.2 Å². The van der Waals surface area contributed by atoms with Crippen molar-refractivity contribution in [1.82, 2.24) is 5.32 Å². The minimum atomic E-state index is 0.551. The third kappa shape index (κ3) is 2.26. The lowest BCUT2D eigenvalue weighted by molar-refractivity contribution is 0.275. The molecule has 0 amide bonds. The molecule has 1 aromatic rings. The highest BCUT2D eigenvalue weighted by atomic mass is 16.5. The monoisotopic (exact) mass is 191 g/mol. The highest BCUT2D eigenvalue weighted by Gasteiger charge is 2.14. The first-order valence-corrected chi connectivity index (χ1v) is 5.28. The van der Waals surface area contributed by atoms with Gasteiger partial charge in [-0.05, 0) is 37.9 Å². The van der Waals surface area contributed by atoms with Gasteiger partial charge in [-0.15, -0.1) is 0 Å². The lowest BCUT2D eigenvalue weighted by Crippen LogP contribution is -2.28. The van der Waals surface area contributed by atoms with Crippen LogP contribution >= 0.6 is 0 Å². The normalized spacial score (nSPS) is 21.1. The third-order valence-electron chi connectivity index (χ3n) is 2.70. The Morgan fingerprint density at radius 3 is 3.00 bits per heavy atom. The van der Waals surface area contributed by atoms with Crippen LogP contribution in [0.5, 0.6) is 5.75 Å². The topological polar surface area (TPSA) is 21.3 Å². The van der Waals surface area contributed by atoms with E-state index in [0.717, 1.165) is 18.9 Å². The summed E-state index contributed by atoms with van der Waals surface area (Å²) in [6.07, 6.45) is 2.52. The summed E-state index contributed by atoms with van der Waals surface area (Å²) < 4.78 is 5.76. The lowest BCUT2D eigenvalue weighted by Gasteiger charge is -2.13. The van der Waals surface area contributed by atoms with Gasteiger partial charge in [-0.1, -0.05) is 18.2 Å². The van der Waals surface area contributed by atoms with Crippen LogP contribution in [0.4, 0.5) is 0 Å². The molecule has 1 aliphatic rings. The van der Waals surface area contributed by atoms with Gasteiger partial charge in [0.15, 0.2) is 0 Å². The molecule has 1 saturated heterocycles. The van der Waals surface area contributed by atoms with E-state index in [1.165, 1.54) is 18.4 Å². The first-order valence-electron chi connectivity index (χ1n) is 5.28. The first kappa shape index (κ1) is 9.53. The highest BCUT2D eigenvalue weighted by Crippen LogP contribution is 2.17. The molecule has 2 nitrogen and oxygen atoms in total. The maximum atomic E-state index is 5.76. The predicted octanol–water partition coefficient (Wildman–Crippen LogP) is 2.13. The van der Waals surface area contributed by atoms with E-state index >= 15 is 0 Å². The van der Waals surface area contributed by atoms with Crippen LogP contribution in [0.2, 0.25) is 0 Å². The number of rotatable bonds is 3. The molecule has 1 atom stereocenters. The molecule has 1 aromatic carbocycles. The number of para-hydroxylation sites is 1. The highest BCUT2D eigenvalue weighted by molar-refractivity contribution is 5.31. The Labute approximate surface area is 85.3 Å². The van der Waals surface area contributed by atoms with Crippen molar-refractivity contribution in [3.63, 3.8) is 0 Å². The van der Waals surface area contributed by atoms with Gasteiger partial charge in [0.2, 0.25) is 0 Å². The Morgan fingerprint density at radius 1 is 1.43 bits per heavy atom. The fourth-order valence-corrected chi connectivity index (χ4v) is 1.81. The summed E-state index contributed by atoms with van der Waals surface area (Å²) in [7, 11) is 0. The smallest absolute Gasteiger partial charge is 0.122 e. The van der Waals surface area contributed by atoms with Crippen LogP contribution in [-0.4, -0.2) is 19.2 Å². The fourth-order valence-electron chi connectivity index (χ4n) is 1.81. The minimum Gasteiger partial charge on any atom is -0.492 e. The van der Waals surface area contributed by atoms with Crippen molar-refractivity contribution >= 4 is 0 Å². The van der Waals surface area contributed by atoms with E-state index in [-0.39, 0.29) is 0 Å². The maximum Gasteiger partial charge on any atom is 0.122 e. The summed E-state index contributed by atoms with van der Waals surface area (Å²) >= 11 is 0. The van der Waals surface area contributed by atoms with Gasteiger partial charge in [0, 0.05) is 6.04 Å². The van der Waals surface area contributed by atoms with Crippen molar-refractivity contribution in [2.45, 2.75) is 25.8 Å². The zero-order valence-electron chi connectivity index (χ0n) is 8.62. The van der Waals surface area contributed by atoms with Crippen molar-refractivity contribution < 1.29 is 4.74 Å². The minimum absolute atomic E-state index is 0.551. The summed E-state index contributed by atoms with van der Waals surface area (Å²) in [6, 6.07) is 8.72. The molecule has 1 fully saturated rings. The molecule has 0 spiro atoms. The molecule has 0 radical (unpaired) electrons. The van der Waals surface area contributed by atoms with Crippen LogP contribution < -0.4 is 10.1 Å². The van der Waals surface area contributed by atoms with Gasteiger partial charge in [-0.3, -0.25) is 0 Å². The molecule has 0 saturated carbocycles. The summed E-state index contributed by atoms with van der Waals surface area (Å²) in [5.74, 6) is 1.02. The maximum absolute atomic E-state index is 5.76. The van der Waals surface area contributed by atoms with Gasteiger partial charge >= 0.3 is 0 Å². The molecule has 0 aliphatic carbocycles. The van der Waals surface area contributed by atoms with Crippen molar-refractivity contribution in [1.29, 1.82) is 0 Å². The van der Waals surface area contributed by atoms with Crippen molar-refractivity contribution in [2.24, 2.45) is 0 Å². The average Bonchev–Trinajstić information content (AvgIpc) is 2.69. The molecule has 0 bridgehead atoms. The Kier molecular flexibility index (Phi) is 3.04.